The molecule has 0 spiro atoms. The van der Waals surface area contributed by atoms with Gasteiger partial charge in [-0.3, -0.25) is 14.6 Å². The third-order valence-corrected chi connectivity index (χ3v) is 7.11. The zero-order valence-electron chi connectivity index (χ0n) is 20.2. The number of hydrogen-bond donors (Lipinski definition) is 2. The number of hydrogen-bond acceptors (Lipinski definition) is 6. The number of pyridine rings is 1. The minimum Gasteiger partial charge on any atom is -0.381 e. The van der Waals surface area contributed by atoms with Crippen molar-refractivity contribution < 1.29 is 22.8 Å². The number of anilines is 2. The average Bonchev–Trinajstić information content (AvgIpc) is 3.60. The maximum atomic E-state index is 14.2. The molecule has 0 radical (unpaired) electrons. The summed E-state index contributed by atoms with van der Waals surface area (Å²) in [4.78, 5) is 36.0. The van der Waals surface area contributed by atoms with Gasteiger partial charge in [0.25, 0.3) is 11.8 Å². The van der Waals surface area contributed by atoms with E-state index in [1.54, 1.807) is 18.2 Å². The number of carbonyl (C=O) groups excluding carboxylic acids is 2. The Kier molecular flexibility index (Phi) is 5.37. The first kappa shape index (κ1) is 23.9. The van der Waals surface area contributed by atoms with Gasteiger partial charge in [-0.15, -0.1) is 5.10 Å². The fourth-order valence-corrected chi connectivity index (χ4v) is 4.97. The number of rotatable bonds is 5. The first-order chi connectivity index (χ1) is 18.1. The van der Waals surface area contributed by atoms with Crippen molar-refractivity contribution in [3.8, 4) is 11.3 Å². The Balaban J connectivity index is 1.42. The van der Waals surface area contributed by atoms with Gasteiger partial charge < -0.3 is 16.0 Å². The average molecular weight is 522 g/mol. The standard InChI is InChI=1S/C26H22F3N7O2/c1-13(14-2-3-14)35-12-16-10-15(11-18(26(27,28)29)20(16)25(35)38)19-6-9-36-23(33-19)21(22(30)34-36)24(37)32-17-4-7-31-8-5-17/h4-11,13-14H,2-3,12H2,1H3,(H2,30,34)(H,31,32,37). The zero-order chi connectivity index (χ0) is 26.8. The maximum Gasteiger partial charge on any atom is 0.417 e. The van der Waals surface area contributed by atoms with E-state index < -0.39 is 23.6 Å². The number of nitrogens with zero attached hydrogens (tertiary/aromatic N) is 5. The summed E-state index contributed by atoms with van der Waals surface area (Å²) in [6.07, 6.45) is 1.69. The van der Waals surface area contributed by atoms with E-state index in [1.807, 2.05) is 6.92 Å². The van der Waals surface area contributed by atoms with Crippen molar-refractivity contribution in [3.63, 3.8) is 0 Å². The molecule has 6 rings (SSSR count). The molecule has 0 bridgehead atoms. The fraction of sp³-hybridized carbons (Fsp3) is 0.269. The SMILES string of the molecule is CC(C1CC1)N1Cc2cc(-c3ccn4nc(N)c(C(=O)Nc5ccncc5)c4n3)cc(C(F)(F)F)c2C1=O. The molecule has 1 fully saturated rings. The molecule has 1 aromatic carbocycles. The molecule has 0 saturated heterocycles. The number of carbonyl (C=O) groups is 2. The number of nitrogen functional groups attached to an aromatic ring is 1. The normalized spacial score (nSPS) is 16.1. The van der Waals surface area contributed by atoms with Gasteiger partial charge in [-0.2, -0.15) is 13.2 Å². The molecule has 2 aliphatic rings. The van der Waals surface area contributed by atoms with Crippen LogP contribution in [0, 0.1) is 5.92 Å². The van der Waals surface area contributed by atoms with Crippen LogP contribution in [0.15, 0.2) is 48.9 Å². The van der Waals surface area contributed by atoms with Crippen molar-refractivity contribution in [2.75, 3.05) is 11.1 Å². The highest BCUT2D eigenvalue weighted by molar-refractivity contribution is 6.11. The topological polar surface area (TPSA) is 119 Å². The maximum absolute atomic E-state index is 14.2. The van der Waals surface area contributed by atoms with E-state index in [4.69, 9.17) is 5.73 Å². The van der Waals surface area contributed by atoms with Gasteiger partial charge in [0, 0.05) is 42.4 Å². The first-order valence-corrected chi connectivity index (χ1v) is 12.0. The van der Waals surface area contributed by atoms with Crippen molar-refractivity contribution in [1.29, 1.82) is 0 Å². The van der Waals surface area contributed by atoms with Crippen molar-refractivity contribution >= 4 is 29.0 Å². The highest BCUT2D eigenvalue weighted by atomic mass is 19.4. The second-order valence-corrected chi connectivity index (χ2v) is 9.60. The minimum absolute atomic E-state index is 0.0134. The number of fused-ring (bicyclic) bond motifs is 2. The van der Waals surface area contributed by atoms with Crippen LogP contribution >= 0.6 is 0 Å². The van der Waals surface area contributed by atoms with E-state index in [2.05, 4.69) is 20.4 Å². The highest BCUT2D eigenvalue weighted by Gasteiger charge is 2.44. The molecule has 12 heteroatoms. The largest absolute Gasteiger partial charge is 0.417 e. The molecule has 194 valence electrons. The molecule has 9 nitrogen and oxygen atoms in total. The fourth-order valence-electron chi connectivity index (χ4n) is 4.97. The lowest BCUT2D eigenvalue weighted by atomic mass is 9.97. The van der Waals surface area contributed by atoms with Crippen LogP contribution < -0.4 is 11.1 Å². The molecule has 2 amide bonds. The summed E-state index contributed by atoms with van der Waals surface area (Å²) >= 11 is 0. The van der Waals surface area contributed by atoms with E-state index in [-0.39, 0.29) is 46.4 Å². The van der Waals surface area contributed by atoms with Crippen LogP contribution in [0.25, 0.3) is 16.9 Å². The van der Waals surface area contributed by atoms with Gasteiger partial charge in [0.1, 0.15) is 5.56 Å². The van der Waals surface area contributed by atoms with Crippen LogP contribution in [0.2, 0.25) is 0 Å². The first-order valence-electron chi connectivity index (χ1n) is 12.0. The van der Waals surface area contributed by atoms with Gasteiger partial charge in [-0.05, 0) is 61.6 Å². The van der Waals surface area contributed by atoms with Gasteiger partial charge in [0.2, 0.25) is 0 Å². The Morgan fingerprint density at radius 1 is 1.18 bits per heavy atom. The number of benzene rings is 1. The lowest BCUT2D eigenvalue weighted by molar-refractivity contribution is -0.137. The van der Waals surface area contributed by atoms with Gasteiger partial charge in [-0.1, -0.05) is 0 Å². The molecule has 4 heterocycles. The number of amides is 2. The smallest absolute Gasteiger partial charge is 0.381 e. The third-order valence-electron chi connectivity index (χ3n) is 7.11. The molecule has 1 saturated carbocycles. The summed E-state index contributed by atoms with van der Waals surface area (Å²) in [6.45, 7) is 1.98. The molecule has 1 unspecified atom stereocenters. The highest BCUT2D eigenvalue weighted by Crippen LogP contribution is 2.43. The Morgan fingerprint density at radius 3 is 2.61 bits per heavy atom. The molecule has 1 aliphatic carbocycles. The number of alkyl halides is 3. The molecule has 38 heavy (non-hydrogen) atoms. The van der Waals surface area contributed by atoms with Gasteiger partial charge in [0.15, 0.2) is 11.5 Å². The molecule has 4 aromatic rings. The van der Waals surface area contributed by atoms with Gasteiger partial charge in [0.05, 0.1) is 16.8 Å². The van der Waals surface area contributed by atoms with E-state index in [9.17, 15) is 22.8 Å². The molecular weight excluding hydrogens is 499 g/mol. The van der Waals surface area contributed by atoms with Crippen LogP contribution in [0.5, 0.6) is 0 Å². The summed E-state index contributed by atoms with van der Waals surface area (Å²) in [7, 11) is 0. The summed E-state index contributed by atoms with van der Waals surface area (Å²) < 4.78 is 43.8. The molecule has 1 aliphatic heterocycles. The van der Waals surface area contributed by atoms with Gasteiger partial charge in [-0.25, -0.2) is 9.50 Å². The lowest BCUT2D eigenvalue weighted by Crippen LogP contribution is -2.35. The van der Waals surface area contributed by atoms with Crippen LogP contribution in [-0.4, -0.2) is 42.3 Å². The molecule has 3 aromatic heterocycles. The predicted molar refractivity (Wildman–Crippen MR) is 132 cm³/mol. The lowest BCUT2D eigenvalue weighted by Gasteiger charge is -2.24. The van der Waals surface area contributed by atoms with Crippen LogP contribution in [0.4, 0.5) is 24.7 Å². The van der Waals surface area contributed by atoms with Crippen LogP contribution in [-0.2, 0) is 12.7 Å². The van der Waals surface area contributed by atoms with Crippen molar-refractivity contribution in [2.45, 2.75) is 38.5 Å². The second-order valence-electron chi connectivity index (χ2n) is 9.60. The van der Waals surface area contributed by atoms with Crippen molar-refractivity contribution in [3.05, 3.63) is 71.2 Å². The summed E-state index contributed by atoms with van der Waals surface area (Å²) in [5.74, 6) is -0.939. The Morgan fingerprint density at radius 2 is 1.92 bits per heavy atom. The van der Waals surface area contributed by atoms with E-state index in [0.717, 1.165) is 18.9 Å². The molecular formula is C26H22F3N7O2. The van der Waals surface area contributed by atoms with Crippen molar-refractivity contribution in [1.82, 2.24) is 24.5 Å². The van der Waals surface area contributed by atoms with Crippen LogP contribution in [0.3, 0.4) is 0 Å². The van der Waals surface area contributed by atoms with Crippen LogP contribution in [0.1, 0.15) is 51.6 Å². The third kappa shape index (κ3) is 4.01. The predicted octanol–water partition coefficient (Wildman–Crippen LogP) is 4.40. The zero-order valence-corrected chi connectivity index (χ0v) is 20.2. The van der Waals surface area contributed by atoms with E-state index in [1.165, 1.54) is 34.1 Å². The number of halogens is 3. The summed E-state index contributed by atoms with van der Waals surface area (Å²) in [6, 6.07) is 7.06. The quantitative estimate of drug-likeness (QED) is 0.402. The molecule has 1 atom stereocenters. The van der Waals surface area contributed by atoms with Crippen molar-refractivity contribution in [2.24, 2.45) is 5.92 Å². The second kappa shape index (κ2) is 8.54. The Bertz CT molecular complexity index is 1600. The van der Waals surface area contributed by atoms with Gasteiger partial charge >= 0.3 is 6.18 Å². The van der Waals surface area contributed by atoms with E-state index >= 15 is 0 Å². The molecule has 3 N–H and O–H groups in total. The Hall–Kier alpha value is -4.48. The minimum atomic E-state index is -4.74. The summed E-state index contributed by atoms with van der Waals surface area (Å²) in [5.41, 5.74) is 5.91. The Labute approximate surface area is 214 Å². The monoisotopic (exact) mass is 521 g/mol. The number of aromatic nitrogens is 4. The van der Waals surface area contributed by atoms with E-state index in [0.29, 0.717) is 17.2 Å². The number of nitrogens with one attached hydrogen (secondary N) is 1. The summed E-state index contributed by atoms with van der Waals surface area (Å²) in [5, 5.41) is 6.80. The number of nitrogens with two attached hydrogens (primary N) is 1.